The van der Waals surface area contributed by atoms with E-state index in [-0.39, 0.29) is 11.4 Å². The van der Waals surface area contributed by atoms with Crippen molar-refractivity contribution in [1.82, 2.24) is 15.4 Å². The summed E-state index contributed by atoms with van der Waals surface area (Å²) < 4.78 is 32.1. The summed E-state index contributed by atoms with van der Waals surface area (Å²) in [6.07, 6.45) is 3.53. The molecule has 0 fully saturated rings. The Balaban J connectivity index is 2.66. The predicted molar refractivity (Wildman–Crippen MR) is 115 cm³/mol. The SMILES string of the molecule is CCNC(=NCc1cccc(S(=O)(=O)NCCOC)c1)NCCCCC(C)C. The van der Waals surface area contributed by atoms with Gasteiger partial charge in [0.05, 0.1) is 18.0 Å². The molecule has 0 atom stereocenters. The summed E-state index contributed by atoms with van der Waals surface area (Å²) in [7, 11) is -2.01. The number of rotatable bonds is 13. The summed E-state index contributed by atoms with van der Waals surface area (Å²) in [5, 5.41) is 6.56. The Morgan fingerprint density at radius 3 is 2.64 bits per heavy atom. The fourth-order valence-electron chi connectivity index (χ4n) is 2.57. The Morgan fingerprint density at radius 1 is 1.18 bits per heavy atom. The number of methoxy groups -OCH3 is 1. The van der Waals surface area contributed by atoms with E-state index in [1.807, 2.05) is 13.0 Å². The molecular formula is C20H36N4O3S. The lowest BCUT2D eigenvalue weighted by Crippen LogP contribution is -2.37. The molecule has 0 unspecified atom stereocenters. The minimum Gasteiger partial charge on any atom is -0.383 e. The topological polar surface area (TPSA) is 91.8 Å². The van der Waals surface area contributed by atoms with Crippen LogP contribution in [0.15, 0.2) is 34.2 Å². The molecule has 0 radical (unpaired) electrons. The number of ether oxygens (including phenoxy) is 1. The van der Waals surface area contributed by atoms with E-state index in [0.717, 1.165) is 37.0 Å². The van der Waals surface area contributed by atoms with E-state index >= 15 is 0 Å². The van der Waals surface area contributed by atoms with E-state index in [9.17, 15) is 8.42 Å². The molecule has 0 aliphatic rings. The summed E-state index contributed by atoms with van der Waals surface area (Å²) in [6, 6.07) is 6.86. The molecule has 0 amide bonds. The normalized spacial score (nSPS) is 12.4. The van der Waals surface area contributed by atoms with Gasteiger partial charge in [-0.15, -0.1) is 0 Å². The molecule has 7 nitrogen and oxygen atoms in total. The van der Waals surface area contributed by atoms with Gasteiger partial charge in [0.15, 0.2) is 5.96 Å². The van der Waals surface area contributed by atoms with E-state index in [1.54, 1.807) is 18.2 Å². The molecule has 0 aliphatic heterocycles. The second-order valence-corrected chi connectivity index (χ2v) is 8.82. The average molecular weight is 413 g/mol. The molecule has 0 saturated heterocycles. The minimum absolute atomic E-state index is 0.239. The number of nitrogens with zero attached hydrogens (tertiary/aromatic N) is 1. The Bertz CT molecular complexity index is 690. The summed E-state index contributed by atoms with van der Waals surface area (Å²) >= 11 is 0. The van der Waals surface area contributed by atoms with Gasteiger partial charge < -0.3 is 15.4 Å². The number of unbranched alkanes of at least 4 members (excludes halogenated alkanes) is 1. The second kappa shape index (κ2) is 13.5. The van der Waals surface area contributed by atoms with Crippen molar-refractivity contribution in [2.75, 3.05) is 33.4 Å². The first kappa shape index (κ1) is 24.4. The Kier molecular flexibility index (Phi) is 11.8. The third kappa shape index (κ3) is 10.1. The van der Waals surface area contributed by atoms with Gasteiger partial charge in [-0.3, -0.25) is 0 Å². The van der Waals surface area contributed by atoms with Gasteiger partial charge in [-0.1, -0.05) is 38.8 Å². The van der Waals surface area contributed by atoms with Crippen LogP contribution in [-0.4, -0.2) is 47.7 Å². The zero-order valence-electron chi connectivity index (χ0n) is 17.6. The maximum absolute atomic E-state index is 12.3. The van der Waals surface area contributed by atoms with Gasteiger partial charge in [-0.25, -0.2) is 18.1 Å². The number of benzene rings is 1. The summed E-state index contributed by atoms with van der Waals surface area (Å²) in [5.74, 6) is 1.48. The molecule has 3 N–H and O–H groups in total. The molecule has 1 rings (SSSR count). The molecule has 0 heterocycles. The highest BCUT2D eigenvalue weighted by molar-refractivity contribution is 7.89. The molecular weight excluding hydrogens is 376 g/mol. The highest BCUT2D eigenvalue weighted by Gasteiger charge is 2.13. The number of hydrogen-bond donors (Lipinski definition) is 3. The lowest BCUT2D eigenvalue weighted by Gasteiger charge is -2.12. The first-order valence-corrected chi connectivity index (χ1v) is 11.5. The summed E-state index contributed by atoms with van der Waals surface area (Å²) in [4.78, 5) is 4.81. The number of guanidine groups is 1. The second-order valence-electron chi connectivity index (χ2n) is 7.05. The van der Waals surface area contributed by atoms with Crippen molar-refractivity contribution in [2.45, 2.75) is 51.5 Å². The quantitative estimate of drug-likeness (QED) is 0.263. The van der Waals surface area contributed by atoms with Crippen molar-refractivity contribution < 1.29 is 13.2 Å². The fourth-order valence-corrected chi connectivity index (χ4v) is 3.65. The van der Waals surface area contributed by atoms with Gasteiger partial charge in [-0.2, -0.15) is 0 Å². The van der Waals surface area contributed by atoms with Crippen LogP contribution < -0.4 is 15.4 Å². The molecule has 8 heteroatoms. The van der Waals surface area contributed by atoms with Crippen LogP contribution in [0.4, 0.5) is 0 Å². The lowest BCUT2D eigenvalue weighted by atomic mass is 10.1. The molecule has 28 heavy (non-hydrogen) atoms. The highest BCUT2D eigenvalue weighted by atomic mass is 32.2. The van der Waals surface area contributed by atoms with Crippen LogP contribution in [0.1, 0.15) is 45.6 Å². The Labute approximate surface area is 170 Å². The van der Waals surface area contributed by atoms with Crippen LogP contribution in [0.3, 0.4) is 0 Å². The standard InChI is InChI=1S/C20H36N4O3S/c1-5-21-20(22-12-7-6-9-17(2)3)23-16-18-10-8-11-19(15-18)28(25,26)24-13-14-27-4/h8,10-11,15,17,24H,5-7,9,12-14,16H2,1-4H3,(H2,21,22,23). The van der Waals surface area contributed by atoms with E-state index in [4.69, 9.17) is 4.74 Å². The number of sulfonamides is 1. The third-order valence-corrected chi connectivity index (χ3v) is 5.53. The molecule has 0 saturated carbocycles. The van der Waals surface area contributed by atoms with Crippen molar-refractivity contribution in [3.8, 4) is 0 Å². The molecule has 0 bridgehead atoms. The van der Waals surface area contributed by atoms with Crippen molar-refractivity contribution >= 4 is 16.0 Å². The van der Waals surface area contributed by atoms with Crippen LogP contribution in [0.2, 0.25) is 0 Å². The smallest absolute Gasteiger partial charge is 0.240 e. The Hall–Kier alpha value is -1.64. The van der Waals surface area contributed by atoms with Crippen molar-refractivity contribution in [1.29, 1.82) is 0 Å². The van der Waals surface area contributed by atoms with Gasteiger partial charge in [-0.05, 0) is 37.0 Å². The third-order valence-electron chi connectivity index (χ3n) is 4.07. The van der Waals surface area contributed by atoms with Gasteiger partial charge in [0.1, 0.15) is 0 Å². The van der Waals surface area contributed by atoms with E-state index < -0.39 is 10.0 Å². The van der Waals surface area contributed by atoms with Crippen molar-refractivity contribution in [2.24, 2.45) is 10.9 Å². The van der Waals surface area contributed by atoms with Crippen LogP contribution in [-0.2, 0) is 21.3 Å². The lowest BCUT2D eigenvalue weighted by molar-refractivity contribution is 0.204. The zero-order chi connectivity index (χ0) is 20.8. The fraction of sp³-hybridized carbons (Fsp3) is 0.650. The molecule has 1 aromatic rings. The highest BCUT2D eigenvalue weighted by Crippen LogP contribution is 2.12. The van der Waals surface area contributed by atoms with Gasteiger partial charge in [0, 0.05) is 26.7 Å². The predicted octanol–water partition coefficient (Wildman–Crippen LogP) is 2.49. The minimum atomic E-state index is -3.54. The summed E-state index contributed by atoms with van der Waals surface area (Å²) in [5.41, 5.74) is 0.839. The monoisotopic (exact) mass is 412 g/mol. The zero-order valence-corrected chi connectivity index (χ0v) is 18.4. The molecule has 0 aliphatic carbocycles. The average Bonchev–Trinajstić information content (AvgIpc) is 2.66. The van der Waals surface area contributed by atoms with E-state index in [2.05, 4.69) is 34.2 Å². The number of nitrogens with one attached hydrogen (secondary N) is 3. The van der Waals surface area contributed by atoms with Gasteiger partial charge >= 0.3 is 0 Å². The van der Waals surface area contributed by atoms with E-state index in [0.29, 0.717) is 13.2 Å². The molecule has 1 aromatic carbocycles. The van der Waals surface area contributed by atoms with E-state index in [1.165, 1.54) is 20.0 Å². The molecule has 160 valence electrons. The number of aliphatic imine (C=N–C) groups is 1. The van der Waals surface area contributed by atoms with Crippen LogP contribution in [0.5, 0.6) is 0 Å². The van der Waals surface area contributed by atoms with Crippen LogP contribution >= 0.6 is 0 Å². The van der Waals surface area contributed by atoms with Gasteiger partial charge in [0.25, 0.3) is 0 Å². The maximum atomic E-state index is 12.3. The van der Waals surface area contributed by atoms with Crippen LogP contribution in [0, 0.1) is 5.92 Å². The maximum Gasteiger partial charge on any atom is 0.240 e. The number of hydrogen-bond acceptors (Lipinski definition) is 4. The molecule has 0 spiro atoms. The first-order chi connectivity index (χ1) is 13.4. The Morgan fingerprint density at radius 2 is 1.96 bits per heavy atom. The molecule has 0 aromatic heterocycles. The van der Waals surface area contributed by atoms with Crippen molar-refractivity contribution in [3.05, 3.63) is 29.8 Å². The van der Waals surface area contributed by atoms with Crippen LogP contribution in [0.25, 0.3) is 0 Å². The van der Waals surface area contributed by atoms with Crippen molar-refractivity contribution in [3.63, 3.8) is 0 Å². The van der Waals surface area contributed by atoms with Gasteiger partial charge in [0.2, 0.25) is 10.0 Å². The largest absolute Gasteiger partial charge is 0.383 e. The first-order valence-electron chi connectivity index (χ1n) is 9.98. The summed E-state index contributed by atoms with van der Waals surface area (Å²) in [6.45, 7) is 9.12.